The van der Waals surface area contributed by atoms with E-state index in [-0.39, 0.29) is 0 Å². The molecular formula is C12H24S. The van der Waals surface area contributed by atoms with Crippen molar-refractivity contribution in [1.82, 2.24) is 0 Å². The van der Waals surface area contributed by atoms with E-state index in [0.717, 1.165) is 11.8 Å². The van der Waals surface area contributed by atoms with E-state index in [1.165, 1.54) is 11.5 Å². The van der Waals surface area contributed by atoms with Gasteiger partial charge in [-0.15, -0.1) is 0 Å². The standard InChI is InChI=1S/C12H24S/c1-11(2,3)9-7-13-8-10(9)12(4,5)6/h9-10H,7-8H2,1-6H3/t9-,10+. The van der Waals surface area contributed by atoms with Crippen molar-refractivity contribution in [2.24, 2.45) is 22.7 Å². The fraction of sp³-hybridized carbons (Fsp3) is 1.00. The van der Waals surface area contributed by atoms with Crippen molar-refractivity contribution >= 4 is 11.8 Å². The first kappa shape index (κ1) is 11.4. The van der Waals surface area contributed by atoms with Gasteiger partial charge in [-0.05, 0) is 34.2 Å². The average Bonchev–Trinajstić information content (AvgIpc) is 2.27. The molecule has 1 saturated heterocycles. The van der Waals surface area contributed by atoms with Crippen LogP contribution >= 0.6 is 11.8 Å². The summed E-state index contributed by atoms with van der Waals surface area (Å²) >= 11 is 2.14. The van der Waals surface area contributed by atoms with Crippen molar-refractivity contribution in [2.45, 2.75) is 41.5 Å². The molecule has 0 aromatic heterocycles. The van der Waals surface area contributed by atoms with Crippen LogP contribution in [-0.2, 0) is 0 Å². The van der Waals surface area contributed by atoms with Crippen LogP contribution < -0.4 is 0 Å². The van der Waals surface area contributed by atoms with Gasteiger partial charge < -0.3 is 0 Å². The minimum absolute atomic E-state index is 0.488. The molecule has 0 nitrogen and oxygen atoms in total. The lowest BCUT2D eigenvalue weighted by Gasteiger charge is -2.38. The van der Waals surface area contributed by atoms with E-state index in [9.17, 15) is 0 Å². The van der Waals surface area contributed by atoms with Gasteiger partial charge in [0.15, 0.2) is 0 Å². The number of rotatable bonds is 0. The number of hydrogen-bond donors (Lipinski definition) is 0. The zero-order valence-electron chi connectivity index (χ0n) is 9.98. The summed E-state index contributed by atoms with van der Waals surface area (Å²) in [7, 11) is 0. The molecule has 0 spiro atoms. The SMILES string of the molecule is CC(C)(C)[C@@H]1CSC[C@@H]1C(C)(C)C. The molecule has 1 aliphatic rings. The third kappa shape index (κ3) is 2.65. The van der Waals surface area contributed by atoms with Crippen LogP contribution in [0.3, 0.4) is 0 Å². The maximum absolute atomic E-state index is 2.39. The number of thioether (sulfide) groups is 1. The van der Waals surface area contributed by atoms with E-state index >= 15 is 0 Å². The van der Waals surface area contributed by atoms with Gasteiger partial charge in [-0.3, -0.25) is 0 Å². The molecule has 0 aromatic rings. The van der Waals surface area contributed by atoms with Crippen molar-refractivity contribution in [2.75, 3.05) is 11.5 Å². The van der Waals surface area contributed by atoms with Crippen LogP contribution in [0.25, 0.3) is 0 Å². The maximum atomic E-state index is 2.39. The molecule has 1 fully saturated rings. The Morgan fingerprint density at radius 1 is 0.769 bits per heavy atom. The molecule has 0 unspecified atom stereocenters. The summed E-state index contributed by atoms with van der Waals surface area (Å²) in [6.07, 6.45) is 0. The number of hydrogen-bond acceptors (Lipinski definition) is 1. The topological polar surface area (TPSA) is 0 Å². The van der Waals surface area contributed by atoms with Crippen LogP contribution in [0.15, 0.2) is 0 Å². The molecule has 13 heavy (non-hydrogen) atoms. The second kappa shape index (κ2) is 3.49. The maximum Gasteiger partial charge on any atom is -0.00309 e. The van der Waals surface area contributed by atoms with E-state index in [2.05, 4.69) is 53.3 Å². The molecule has 0 aromatic carbocycles. The molecule has 0 saturated carbocycles. The summed E-state index contributed by atoms with van der Waals surface area (Å²) in [5, 5.41) is 0. The Bertz CT molecular complexity index is 151. The highest BCUT2D eigenvalue weighted by molar-refractivity contribution is 7.99. The quantitative estimate of drug-likeness (QED) is 0.568. The van der Waals surface area contributed by atoms with Gasteiger partial charge in [-0.25, -0.2) is 0 Å². The lowest BCUT2D eigenvalue weighted by molar-refractivity contribution is 0.115. The van der Waals surface area contributed by atoms with Gasteiger partial charge in [0.05, 0.1) is 0 Å². The summed E-state index contributed by atoms with van der Waals surface area (Å²) < 4.78 is 0. The van der Waals surface area contributed by atoms with Crippen LogP contribution in [-0.4, -0.2) is 11.5 Å². The second-order valence-electron chi connectivity index (χ2n) is 6.48. The fourth-order valence-corrected chi connectivity index (χ4v) is 4.37. The van der Waals surface area contributed by atoms with Gasteiger partial charge in [0.25, 0.3) is 0 Å². The zero-order valence-corrected chi connectivity index (χ0v) is 10.8. The van der Waals surface area contributed by atoms with Crippen molar-refractivity contribution in [3.8, 4) is 0 Å². The van der Waals surface area contributed by atoms with Crippen LogP contribution in [0.5, 0.6) is 0 Å². The first-order valence-corrected chi connectivity index (χ1v) is 6.46. The first-order chi connectivity index (χ1) is 5.73. The van der Waals surface area contributed by atoms with E-state index in [0.29, 0.717) is 10.8 Å². The Hall–Kier alpha value is 0.350. The molecule has 0 N–H and O–H groups in total. The lowest BCUT2D eigenvalue weighted by Crippen LogP contribution is -2.34. The normalized spacial score (nSPS) is 30.9. The monoisotopic (exact) mass is 200 g/mol. The first-order valence-electron chi connectivity index (χ1n) is 5.30. The van der Waals surface area contributed by atoms with Gasteiger partial charge in [0.2, 0.25) is 0 Å². The molecular weight excluding hydrogens is 176 g/mol. The highest BCUT2D eigenvalue weighted by Crippen LogP contribution is 2.48. The van der Waals surface area contributed by atoms with E-state index in [1.54, 1.807) is 0 Å². The Balaban J connectivity index is 2.76. The summed E-state index contributed by atoms with van der Waals surface area (Å²) in [5.41, 5.74) is 0.975. The Morgan fingerprint density at radius 3 is 1.31 bits per heavy atom. The summed E-state index contributed by atoms with van der Waals surface area (Å²) in [6.45, 7) is 14.3. The highest BCUT2D eigenvalue weighted by Gasteiger charge is 2.41. The van der Waals surface area contributed by atoms with Crippen LogP contribution in [0.1, 0.15) is 41.5 Å². The average molecular weight is 200 g/mol. The van der Waals surface area contributed by atoms with Gasteiger partial charge in [0, 0.05) is 0 Å². The summed E-state index contributed by atoms with van der Waals surface area (Å²) in [6, 6.07) is 0. The lowest BCUT2D eigenvalue weighted by atomic mass is 9.66. The Kier molecular flexibility index (Phi) is 3.07. The van der Waals surface area contributed by atoms with Crippen molar-refractivity contribution in [3.05, 3.63) is 0 Å². The Labute approximate surface area is 87.9 Å². The third-order valence-electron chi connectivity index (χ3n) is 3.31. The van der Waals surface area contributed by atoms with E-state index < -0.39 is 0 Å². The third-order valence-corrected chi connectivity index (χ3v) is 4.49. The van der Waals surface area contributed by atoms with Gasteiger partial charge in [-0.2, -0.15) is 11.8 Å². The molecule has 1 rings (SSSR count). The smallest absolute Gasteiger partial charge is 0.00309 e. The fourth-order valence-electron chi connectivity index (χ4n) is 2.26. The molecule has 1 heterocycles. The molecule has 1 heteroatoms. The van der Waals surface area contributed by atoms with E-state index in [4.69, 9.17) is 0 Å². The molecule has 0 aliphatic carbocycles. The van der Waals surface area contributed by atoms with Crippen molar-refractivity contribution in [3.63, 3.8) is 0 Å². The summed E-state index contributed by atoms with van der Waals surface area (Å²) in [4.78, 5) is 0. The minimum atomic E-state index is 0.488. The van der Waals surface area contributed by atoms with Gasteiger partial charge in [0.1, 0.15) is 0 Å². The molecule has 0 radical (unpaired) electrons. The molecule has 1 aliphatic heterocycles. The van der Waals surface area contributed by atoms with Crippen LogP contribution in [0.2, 0.25) is 0 Å². The molecule has 0 amide bonds. The van der Waals surface area contributed by atoms with Gasteiger partial charge >= 0.3 is 0 Å². The predicted octanol–water partition coefficient (Wildman–Crippen LogP) is 4.06. The van der Waals surface area contributed by atoms with E-state index in [1.807, 2.05) is 0 Å². The second-order valence-corrected chi connectivity index (χ2v) is 7.56. The zero-order chi connectivity index (χ0) is 10.3. The van der Waals surface area contributed by atoms with Crippen LogP contribution in [0, 0.1) is 22.7 Å². The molecule has 0 bridgehead atoms. The largest absolute Gasteiger partial charge is 0.161 e. The van der Waals surface area contributed by atoms with Crippen molar-refractivity contribution in [1.29, 1.82) is 0 Å². The van der Waals surface area contributed by atoms with Crippen molar-refractivity contribution < 1.29 is 0 Å². The molecule has 78 valence electrons. The van der Waals surface area contributed by atoms with Gasteiger partial charge in [-0.1, -0.05) is 41.5 Å². The Morgan fingerprint density at radius 2 is 1.08 bits per heavy atom. The summed E-state index contributed by atoms with van der Waals surface area (Å²) in [5.74, 6) is 4.53. The highest BCUT2D eigenvalue weighted by atomic mass is 32.2. The molecule has 2 atom stereocenters. The predicted molar refractivity (Wildman–Crippen MR) is 63.2 cm³/mol. The van der Waals surface area contributed by atoms with Crippen LogP contribution in [0.4, 0.5) is 0 Å². The minimum Gasteiger partial charge on any atom is -0.161 e.